The van der Waals surface area contributed by atoms with Gasteiger partial charge in [-0.05, 0) is 114 Å². The van der Waals surface area contributed by atoms with Crippen LogP contribution in [-0.4, -0.2) is 31.6 Å². The quantitative estimate of drug-likeness (QED) is 0.140. The van der Waals surface area contributed by atoms with E-state index in [2.05, 4.69) is 84.5 Å². The third-order valence-corrected chi connectivity index (χ3v) is 9.19. The highest BCUT2D eigenvalue weighted by atomic mass is 14.8. The first-order valence-corrected chi connectivity index (χ1v) is 16.1. The Balaban J connectivity index is 1.43. The highest BCUT2D eigenvalue weighted by Crippen LogP contribution is 2.43. The van der Waals surface area contributed by atoms with Gasteiger partial charge in [0.15, 0.2) is 0 Å². The van der Waals surface area contributed by atoms with Crippen LogP contribution in [-0.2, 0) is 0 Å². The summed E-state index contributed by atoms with van der Waals surface area (Å²) in [6.07, 6.45) is 13.3. The molecule has 49 heavy (non-hydrogen) atoms. The smallest absolute Gasteiger partial charge is 0.0970 e. The van der Waals surface area contributed by atoms with E-state index in [9.17, 15) is 0 Å². The largest absolute Gasteiger partial charge is 0.262 e. The van der Waals surface area contributed by atoms with E-state index in [1.807, 2.05) is 68.1 Å². The summed E-state index contributed by atoms with van der Waals surface area (Å²) in [5, 5.41) is 5.14. The Morgan fingerprint density at radius 1 is 0.490 bits per heavy atom. The highest BCUT2D eigenvalue weighted by Gasteiger charge is 2.19. The molecule has 0 fully saturated rings. The van der Waals surface area contributed by atoms with Gasteiger partial charge in [-0.15, -0.1) is 0 Å². The molecule has 0 radical (unpaired) electrons. The summed E-state index contributed by atoms with van der Waals surface area (Å²) in [6.45, 7) is 5.99. The maximum Gasteiger partial charge on any atom is 0.0970 e. The van der Waals surface area contributed by atoms with Crippen molar-refractivity contribution in [3.63, 3.8) is 0 Å². The molecule has 0 spiro atoms. The van der Waals surface area contributed by atoms with Crippen LogP contribution in [0.1, 0.15) is 12.5 Å². The van der Waals surface area contributed by atoms with Gasteiger partial charge in [0, 0.05) is 63.5 Å². The molecule has 0 unspecified atom stereocenters. The molecule has 0 atom stereocenters. The molecule has 0 N–H and O–H groups in total. The number of pyridine rings is 5. The van der Waals surface area contributed by atoms with Crippen molar-refractivity contribution in [2.45, 2.75) is 6.92 Å². The Kier molecular flexibility index (Phi) is 6.73. The average Bonchev–Trinajstić information content (AvgIpc) is 3.17. The zero-order valence-corrected chi connectivity index (χ0v) is 26.7. The third-order valence-electron chi connectivity index (χ3n) is 9.19. The van der Waals surface area contributed by atoms with Gasteiger partial charge in [-0.1, -0.05) is 42.5 Å². The second kappa shape index (κ2) is 11.5. The van der Waals surface area contributed by atoms with Gasteiger partial charge in [0.2, 0.25) is 0 Å². The molecule has 0 bridgehead atoms. The molecule has 9 rings (SSSR count). The molecule has 5 heterocycles. The SMILES string of the molecule is C=Nc1c(/C=C\C)c(-c2cc(-c3cc4cccnc4c4ncccc34)cc(-c3cc4cccnc4c4ncccc34)c2)cc2cccnc12. The topological polar surface area (TPSA) is 76.8 Å². The molecule has 9 aromatic rings. The van der Waals surface area contributed by atoms with E-state index in [-0.39, 0.29) is 0 Å². The predicted octanol–water partition coefficient (Wildman–Crippen LogP) is 10.8. The Morgan fingerprint density at radius 2 is 0.898 bits per heavy atom. The molecular weight excluding hydrogens is 601 g/mol. The molecule has 5 aromatic heterocycles. The number of nitrogens with zero attached hydrogens (tertiary/aromatic N) is 6. The van der Waals surface area contributed by atoms with Crippen molar-refractivity contribution in [1.29, 1.82) is 0 Å². The number of allylic oxidation sites excluding steroid dienone is 1. The summed E-state index contributed by atoms with van der Waals surface area (Å²) in [4.78, 5) is 28.3. The van der Waals surface area contributed by atoms with Crippen LogP contribution in [0.4, 0.5) is 5.69 Å². The van der Waals surface area contributed by atoms with Crippen LogP contribution in [0.5, 0.6) is 0 Å². The van der Waals surface area contributed by atoms with Gasteiger partial charge < -0.3 is 0 Å². The number of hydrogen-bond acceptors (Lipinski definition) is 6. The molecule has 0 aliphatic rings. The molecule has 0 saturated carbocycles. The Morgan fingerprint density at radius 3 is 1.39 bits per heavy atom. The second-order valence-electron chi connectivity index (χ2n) is 12.0. The summed E-state index contributed by atoms with van der Waals surface area (Å²) < 4.78 is 0. The molecule has 230 valence electrons. The molecule has 6 nitrogen and oxygen atoms in total. The van der Waals surface area contributed by atoms with Crippen LogP contribution in [0, 0.1) is 0 Å². The lowest BCUT2D eigenvalue weighted by Gasteiger charge is -2.18. The standard InChI is InChI=1S/C43H28N6/c1-3-9-32-35(23-26-10-4-15-45-38(26)41(32)44-2)29-20-30(36-24-27-11-5-16-46-39(27)42-33(36)13-7-18-48-42)22-31(21-29)37-25-28-12-6-17-47-40(28)43-34(37)14-8-19-49-43/h3-25H,2H2,1H3/b9-3-. The fourth-order valence-corrected chi connectivity index (χ4v) is 7.08. The maximum absolute atomic E-state index is 4.81. The van der Waals surface area contributed by atoms with E-state index < -0.39 is 0 Å². The first-order valence-electron chi connectivity index (χ1n) is 16.1. The number of benzene rings is 4. The van der Waals surface area contributed by atoms with Crippen LogP contribution < -0.4 is 0 Å². The lowest BCUT2D eigenvalue weighted by atomic mass is 9.87. The van der Waals surface area contributed by atoms with Gasteiger partial charge in [0.1, 0.15) is 0 Å². The van der Waals surface area contributed by atoms with Crippen LogP contribution in [0.3, 0.4) is 0 Å². The highest BCUT2D eigenvalue weighted by molar-refractivity contribution is 6.13. The lowest BCUT2D eigenvalue weighted by Crippen LogP contribution is -1.94. The number of aliphatic imine (C=N–C) groups is 1. The molecule has 0 amide bonds. The van der Waals surface area contributed by atoms with Gasteiger partial charge in [-0.25, -0.2) is 0 Å². The van der Waals surface area contributed by atoms with Crippen LogP contribution in [0.2, 0.25) is 0 Å². The molecule has 0 aliphatic heterocycles. The summed E-state index contributed by atoms with van der Waals surface area (Å²) in [7, 11) is 0. The normalized spacial score (nSPS) is 11.8. The molecule has 6 heteroatoms. The van der Waals surface area contributed by atoms with Gasteiger partial charge in [-0.3, -0.25) is 29.9 Å². The Hall–Kier alpha value is -6.66. The van der Waals surface area contributed by atoms with Crippen molar-refractivity contribution in [3.8, 4) is 33.4 Å². The van der Waals surface area contributed by atoms with Gasteiger partial charge in [0.25, 0.3) is 0 Å². The van der Waals surface area contributed by atoms with Crippen molar-refractivity contribution >= 4 is 73.0 Å². The summed E-state index contributed by atoms with van der Waals surface area (Å²) in [6, 6.07) is 33.9. The van der Waals surface area contributed by atoms with Crippen LogP contribution >= 0.6 is 0 Å². The predicted molar refractivity (Wildman–Crippen MR) is 203 cm³/mol. The fraction of sp³-hybridized carbons (Fsp3) is 0.0233. The first kappa shape index (κ1) is 28.6. The number of fused-ring (bicyclic) bond motifs is 7. The molecular formula is C43H28N6. The lowest BCUT2D eigenvalue weighted by molar-refractivity contribution is 1.37. The Labute approximate surface area is 282 Å². The van der Waals surface area contributed by atoms with Crippen molar-refractivity contribution < 1.29 is 0 Å². The van der Waals surface area contributed by atoms with Crippen LogP contribution in [0.15, 0.2) is 139 Å². The maximum atomic E-state index is 4.81. The van der Waals surface area contributed by atoms with Gasteiger partial charge in [0.05, 0.1) is 33.3 Å². The zero-order valence-electron chi connectivity index (χ0n) is 26.7. The summed E-state index contributed by atoms with van der Waals surface area (Å²) in [5.74, 6) is 0. The monoisotopic (exact) mass is 628 g/mol. The minimum Gasteiger partial charge on any atom is -0.262 e. The van der Waals surface area contributed by atoms with E-state index in [4.69, 9.17) is 24.9 Å². The first-order chi connectivity index (χ1) is 24.2. The summed E-state index contributed by atoms with van der Waals surface area (Å²) >= 11 is 0. The van der Waals surface area contributed by atoms with E-state index in [1.54, 1.807) is 6.20 Å². The van der Waals surface area contributed by atoms with E-state index in [0.717, 1.165) is 99.1 Å². The zero-order chi connectivity index (χ0) is 32.9. The van der Waals surface area contributed by atoms with E-state index in [0.29, 0.717) is 0 Å². The Bertz CT molecular complexity index is 2680. The molecule has 0 saturated heterocycles. The van der Waals surface area contributed by atoms with Crippen LogP contribution in [0.25, 0.3) is 94.0 Å². The third kappa shape index (κ3) is 4.65. The summed E-state index contributed by atoms with van der Waals surface area (Å²) in [5.41, 5.74) is 12.4. The number of rotatable bonds is 5. The van der Waals surface area contributed by atoms with E-state index in [1.165, 1.54) is 0 Å². The minimum absolute atomic E-state index is 0.760. The fourth-order valence-electron chi connectivity index (χ4n) is 7.08. The van der Waals surface area contributed by atoms with Gasteiger partial charge >= 0.3 is 0 Å². The van der Waals surface area contributed by atoms with Crippen molar-refractivity contribution in [2.24, 2.45) is 4.99 Å². The van der Waals surface area contributed by atoms with Crippen molar-refractivity contribution in [1.82, 2.24) is 24.9 Å². The molecule has 4 aromatic carbocycles. The number of hydrogen-bond donors (Lipinski definition) is 0. The molecule has 0 aliphatic carbocycles. The number of aromatic nitrogens is 5. The second-order valence-corrected chi connectivity index (χ2v) is 12.0. The van der Waals surface area contributed by atoms with Crippen molar-refractivity contribution in [3.05, 3.63) is 140 Å². The van der Waals surface area contributed by atoms with Gasteiger partial charge in [-0.2, -0.15) is 0 Å². The average molecular weight is 629 g/mol. The van der Waals surface area contributed by atoms with E-state index >= 15 is 0 Å². The van der Waals surface area contributed by atoms with Crippen molar-refractivity contribution in [2.75, 3.05) is 0 Å². The minimum atomic E-state index is 0.760.